The van der Waals surface area contributed by atoms with Crippen molar-refractivity contribution in [2.75, 3.05) is 25.0 Å². The van der Waals surface area contributed by atoms with Gasteiger partial charge in [0, 0.05) is 24.2 Å². The number of ether oxygens (including phenoxy) is 1. The second-order valence-corrected chi connectivity index (χ2v) is 8.28. The van der Waals surface area contributed by atoms with Crippen molar-refractivity contribution >= 4 is 21.6 Å². The summed E-state index contributed by atoms with van der Waals surface area (Å²) in [6, 6.07) is 4.73. The minimum absolute atomic E-state index is 0.0742. The Kier molecular flexibility index (Phi) is 7.44. The molecule has 0 spiro atoms. The average Bonchev–Trinajstić information content (AvgIpc) is 2.57. The maximum atomic E-state index is 12.9. The van der Waals surface area contributed by atoms with Crippen molar-refractivity contribution in [1.29, 1.82) is 0 Å². The molecule has 1 aromatic carbocycles. The Morgan fingerprint density at radius 3 is 2.24 bits per heavy atom. The van der Waals surface area contributed by atoms with Crippen LogP contribution in [-0.4, -0.2) is 38.3 Å². The first kappa shape index (κ1) is 21.4. The predicted molar refractivity (Wildman–Crippen MR) is 100 cm³/mol. The smallest absolute Gasteiger partial charge is 0.246 e. The molecule has 0 heterocycles. The first-order valence-corrected chi connectivity index (χ1v) is 10.2. The molecule has 1 aromatic rings. The zero-order valence-corrected chi connectivity index (χ0v) is 16.9. The van der Waals surface area contributed by atoms with E-state index in [0.29, 0.717) is 37.6 Å². The minimum atomic E-state index is -3.70. The average molecular weight is 371 g/mol. The van der Waals surface area contributed by atoms with E-state index in [1.54, 1.807) is 32.9 Å². The highest BCUT2D eigenvalue weighted by Crippen LogP contribution is 2.31. The van der Waals surface area contributed by atoms with Crippen molar-refractivity contribution in [3.05, 3.63) is 18.2 Å². The molecule has 0 aromatic heterocycles. The molecule has 142 valence electrons. The Hall–Kier alpha value is -1.60. The lowest BCUT2D eigenvalue weighted by atomic mass is 9.89. The molecular formula is C18H30N2O4S. The monoisotopic (exact) mass is 370 g/mol. The number of rotatable bonds is 9. The van der Waals surface area contributed by atoms with Gasteiger partial charge >= 0.3 is 0 Å². The fourth-order valence-electron chi connectivity index (χ4n) is 2.23. The summed E-state index contributed by atoms with van der Waals surface area (Å²) in [7, 11) is -3.70. The predicted octanol–water partition coefficient (Wildman–Crippen LogP) is 3.49. The normalized spacial score (nSPS) is 12.3. The second kappa shape index (κ2) is 8.67. The second-order valence-electron chi connectivity index (χ2n) is 6.38. The topological polar surface area (TPSA) is 75.7 Å². The maximum absolute atomic E-state index is 12.9. The SMILES string of the molecule is CCOc1ccc(NC(=O)C(C)(C)CC)cc1S(=O)(=O)N(CC)CC. The van der Waals surface area contributed by atoms with Crippen molar-refractivity contribution in [3.63, 3.8) is 0 Å². The van der Waals surface area contributed by atoms with E-state index in [1.165, 1.54) is 10.4 Å². The van der Waals surface area contributed by atoms with Gasteiger partial charge in [-0.3, -0.25) is 4.79 Å². The van der Waals surface area contributed by atoms with Crippen LogP contribution in [0.1, 0.15) is 48.0 Å². The van der Waals surface area contributed by atoms with E-state index in [0.717, 1.165) is 0 Å². The summed E-state index contributed by atoms with van der Waals surface area (Å²) in [5, 5.41) is 2.81. The van der Waals surface area contributed by atoms with Crippen molar-refractivity contribution in [1.82, 2.24) is 4.31 Å². The lowest BCUT2D eigenvalue weighted by molar-refractivity contribution is -0.124. The lowest BCUT2D eigenvalue weighted by Gasteiger charge is -2.23. The van der Waals surface area contributed by atoms with Crippen LogP contribution in [0.15, 0.2) is 23.1 Å². The zero-order valence-electron chi connectivity index (χ0n) is 16.0. The Bertz CT molecular complexity index is 695. The number of carbonyl (C=O) groups excluding carboxylic acids is 1. The van der Waals surface area contributed by atoms with Crippen molar-refractivity contribution in [2.24, 2.45) is 5.41 Å². The third kappa shape index (κ3) is 4.95. The van der Waals surface area contributed by atoms with E-state index in [9.17, 15) is 13.2 Å². The number of hydrogen-bond acceptors (Lipinski definition) is 4. The third-order valence-corrected chi connectivity index (χ3v) is 6.39. The van der Waals surface area contributed by atoms with Gasteiger partial charge in [-0.2, -0.15) is 4.31 Å². The first-order valence-electron chi connectivity index (χ1n) is 8.72. The molecule has 0 saturated carbocycles. The molecule has 6 nitrogen and oxygen atoms in total. The molecular weight excluding hydrogens is 340 g/mol. The Morgan fingerprint density at radius 2 is 1.76 bits per heavy atom. The van der Waals surface area contributed by atoms with E-state index in [2.05, 4.69) is 5.32 Å². The van der Waals surface area contributed by atoms with Crippen LogP contribution >= 0.6 is 0 Å². The quantitative estimate of drug-likeness (QED) is 0.722. The van der Waals surface area contributed by atoms with Gasteiger partial charge in [-0.25, -0.2) is 8.42 Å². The first-order chi connectivity index (χ1) is 11.6. The van der Waals surface area contributed by atoms with Gasteiger partial charge < -0.3 is 10.1 Å². The number of sulfonamides is 1. The van der Waals surface area contributed by atoms with E-state index in [1.807, 2.05) is 20.8 Å². The molecule has 0 unspecified atom stereocenters. The third-order valence-electron chi connectivity index (χ3n) is 4.32. The molecule has 0 bridgehead atoms. The van der Waals surface area contributed by atoms with Crippen LogP contribution in [0, 0.1) is 5.41 Å². The number of hydrogen-bond donors (Lipinski definition) is 1. The molecule has 1 amide bonds. The van der Waals surface area contributed by atoms with Crippen LogP contribution in [0.4, 0.5) is 5.69 Å². The molecule has 0 aliphatic carbocycles. The highest BCUT2D eigenvalue weighted by molar-refractivity contribution is 7.89. The molecule has 7 heteroatoms. The Labute approximate surface area is 151 Å². The summed E-state index contributed by atoms with van der Waals surface area (Å²) in [6.45, 7) is 12.1. The number of nitrogens with one attached hydrogen (secondary N) is 1. The van der Waals surface area contributed by atoms with Crippen molar-refractivity contribution < 1.29 is 17.9 Å². The minimum Gasteiger partial charge on any atom is -0.492 e. The Balaban J connectivity index is 3.33. The summed E-state index contributed by atoms with van der Waals surface area (Å²) in [4.78, 5) is 12.5. The maximum Gasteiger partial charge on any atom is 0.246 e. The lowest BCUT2D eigenvalue weighted by Crippen LogP contribution is -2.32. The fourth-order valence-corrected chi connectivity index (χ4v) is 3.84. The van der Waals surface area contributed by atoms with Gasteiger partial charge in [0.2, 0.25) is 15.9 Å². The van der Waals surface area contributed by atoms with Crippen LogP contribution in [0.5, 0.6) is 5.75 Å². The van der Waals surface area contributed by atoms with Gasteiger partial charge in [0.25, 0.3) is 0 Å². The molecule has 1 rings (SSSR count). The molecule has 0 aliphatic rings. The van der Waals surface area contributed by atoms with Gasteiger partial charge in [0.05, 0.1) is 6.61 Å². The van der Waals surface area contributed by atoms with Gasteiger partial charge in [0.15, 0.2) is 0 Å². The number of carbonyl (C=O) groups is 1. The van der Waals surface area contributed by atoms with E-state index in [-0.39, 0.29) is 10.8 Å². The summed E-state index contributed by atoms with van der Waals surface area (Å²) < 4.78 is 32.7. The molecule has 0 aliphatic heterocycles. The van der Waals surface area contributed by atoms with E-state index >= 15 is 0 Å². The van der Waals surface area contributed by atoms with Crippen molar-refractivity contribution in [2.45, 2.75) is 52.9 Å². The van der Waals surface area contributed by atoms with Crippen LogP contribution in [0.2, 0.25) is 0 Å². The summed E-state index contributed by atoms with van der Waals surface area (Å²) in [6.07, 6.45) is 0.681. The van der Waals surface area contributed by atoms with E-state index in [4.69, 9.17) is 4.74 Å². The van der Waals surface area contributed by atoms with Crippen molar-refractivity contribution in [3.8, 4) is 5.75 Å². The molecule has 0 saturated heterocycles. The number of benzene rings is 1. The largest absolute Gasteiger partial charge is 0.492 e. The summed E-state index contributed by atoms with van der Waals surface area (Å²) in [5.41, 5.74) is -0.0861. The molecule has 0 radical (unpaired) electrons. The van der Waals surface area contributed by atoms with Crippen LogP contribution < -0.4 is 10.1 Å². The van der Waals surface area contributed by atoms with Gasteiger partial charge in [-0.15, -0.1) is 0 Å². The van der Waals surface area contributed by atoms with Gasteiger partial charge in [-0.1, -0.05) is 34.6 Å². The molecule has 0 fully saturated rings. The summed E-state index contributed by atoms with van der Waals surface area (Å²) >= 11 is 0. The fraction of sp³-hybridized carbons (Fsp3) is 0.611. The zero-order chi connectivity index (χ0) is 19.3. The van der Waals surface area contributed by atoms with Crippen LogP contribution in [0.3, 0.4) is 0 Å². The molecule has 25 heavy (non-hydrogen) atoms. The van der Waals surface area contributed by atoms with Crippen LogP contribution in [0.25, 0.3) is 0 Å². The highest BCUT2D eigenvalue weighted by Gasteiger charge is 2.28. The van der Waals surface area contributed by atoms with Gasteiger partial charge in [-0.05, 0) is 31.5 Å². The standard InChI is InChI=1S/C18H30N2O4S/c1-7-18(5,6)17(21)19-14-11-12-15(24-10-4)16(13-14)25(22,23)20(8-2)9-3/h11-13H,7-10H2,1-6H3,(H,19,21). The Morgan fingerprint density at radius 1 is 1.16 bits per heavy atom. The number of amides is 1. The number of nitrogens with zero attached hydrogens (tertiary/aromatic N) is 1. The van der Waals surface area contributed by atoms with Crippen LogP contribution in [-0.2, 0) is 14.8 Å². The van der Waals surface area contributed by atoms with E-state index < -0.39 is 15.4 Å². The highest BCUT2D eigenvalue weighted by atomic mass is 32.2. The number of anilines is 1. The molecule has 1 N–H and O–H groups in total. The molecule has 0 atom stereocenters. The summed E-state index contributed by atoms with van der Waals surface area (Å²) in [5.74, 6) is 0.146. The van der Waals surface area contributed by atoms with Gasteiger partial charge in [0.1, 0.15) is 10.6 Å².